The maximum Gasteiger partial charge on any atom is 0.149 e. The lowest BCUT2D eigenvalue weighted by Crippen LogP contribution is -2.10. The summed E-state index contributed by atoms with van der Waals surface area (Å²) in [5, 5.41) is 7.19. The van der Waals surface area contributed by atoms with Gasteiger partial charge in [-0.2, -0.15) is 5.10 Å². The molecule has 0 aliphatic heterocycles. The van der Waals surface area contributed by atoms with Crippen LogP contribution in [0.4, 0.5) is 5.82 Å². The Morgan fingerprint density at radius 2 is 1.68 bits per heavy atom. The number of aromatic nitrogens is 2. The van der Waals surface area contributed by atoms with E-state index in [1.165, 1.54) is 5.56 Å². The molecule has 3 nitrogen and oxygen atoms in total. The van der Waals surface area contributed by atoms with Gasteiger partial charge in [0.15, 0.2) is 0 Å². The van der Waals surface area contributed by atoms with Gasteiger partial charge in [0.25, 0.3) is 0 Å². The molecule has 2 rings (SSSR count). The van der Waals surface area contributed by atoms with E-state index in [4.69, 9.17) is 5.73 Å². The van der Waals surface area contributed by atoms with Crippen LogP contribution < -0.4 is 5.73 Å². The Balaban J connectivity index is 2.44. The molecule has 0 amide bonds. The molecule has 0 saturated heterocycles. The number of rotatable bonds is 2. The Kier molecular flexibility index (Phi) is 3.40. The number of hydrogen-bond donors (Lipinski definition) is 2. The zero-order valence-electron chi connectivity index (χ0n) is 12.4. The third-order valence-corrected chi connectivity index (χ3v) is 3.45. The highest BCUT2D eigenvalue weighted by atomic mass is 15.2. The number of nitrogens with two attached hydrogens (primary N) is 1. The number of nitrogen functional groups attached to an aromatic ring is 1. The Morgan fingerprint density at radius 3 is 2.16 bits per heavy atom. The van der Waals surface area contributed by atoms with Gasteiger partial charge in [-0.3, -0.25) is 5.10 Å². The number of anilines is 1. The zero-order valence-corrected chi connectivity index (χ0v) is 12.4. The van der Waals surface area contributed by atoms with Crippen molar-refractivity contribution in [3.63, 3.8) is 0 Å². The SMILES string of the molecule is CC(C)c1c(N)n[nH]c1-c1ccc(C(C)(C)C)cc1. The van der Waals surface area contributed by atoms with Crippen molar-refractivity contribution >= 4 is 5.82 Å². The van der Waals surface area contributed by atoms with Crippen molar-refractivity contribution in [3.8, 4) is 11.3 Å². The van der Waals surface area contributed by atoms with Crippen LogP contribution in [0, 0.1) is 0 Å². The molecular weight excluding hydrogens is 234 g/mol. The summed E-state index contributed by atoms with van der Waals surface area (Å²) in [7, 11) is 0. The van der Waals surface area contributed by atoms with Gasteiger partial charge >= 0.3 is 0 Å². The molecule has 0 radical (unpaired) electrons. The topological polar surface area (TPSA) is 54.7 Å². The van der Waals surface area contributed by atoms with Gasteiger partial charge in [-0.05, 0) is 22.5 Å². The van der Waals surface area contributed by atoms with Gasteiger partial charge < -0.3 is 5.73 Å². The number of aromatic amines is 1. The van der Waals surface area contributed by atoms with Crippen molar-refractivity contribution in [3.05, 3.63) is 35.4 Å². The molecule has 0 bridgehead atoms. The van der Waals surface area contributed by atoms with Crippen LogP contribution in [0.15, 0.2) is 24.3 Å². The normalized spacial score (nSPS) is 12.1. The Morgan fingerprint density at radius 1 is 1.11 bits per heavy atom. The Labute approximate surface area is 115 Å². The second-order valence-electron chi connectivity index (χ2n) is 6.38. The van der Waals surface area contributed by atoms with Crippen molar-refractivity contribution in [1.29, 1.82) is 0 Å². The fourth-order valence-electron chi connectivity index (χ4n) is 2.31. The Hall–Kier alpha value is -1.77. The summed E-state index contributed by atoms with van der Waals surface area (Å²) in [5.41, 5.74) is 10.7. The van der Waals surface area contributed by atoms with E-state index in [9.17, 15) is 0 Å². The molecule has 0 spiro atoms. The summed E-state index contributed by atoms with van der Waals surface area (Å²) >= 11 is 0. The van der Waals surface area contributed by atoms with Gasteiger partial charge in [0.1, 0.15) is 5.82 Å². The standard InChI is InChI=1S/C16H23N3/c1-10(2)13-14(18-19-15(13)17)11-6-8-12(9-7-11)16(3,4)5/h6-10H,1-5H3,(H3,17,18,19). The van der Waals surface area contributed by atoms with Gasteiger partial charge in [-0.1, -0.05) is 58.9 Å². The number of nitrogens with one attached hydrogen (secondary N) is 1. The average Bonchev–Trinajstić information content (AvgIpc) is 2.70. The van der Waals surface area contributed by atoms with E-state index in [1.54, 1.807) is 0 Å². The highest BCUT2D eigenvalue weighted by molar-refractivity contribution is 5.69. The second-order valence-corrected chi connectivity index (χ2v) is 6.38. The number of hydrogen-bond acceptors (Lipinski definition) is 2. The van der Waals surface area contributed by atoms with Crippen LogP contribution in [-0.2, 0) is 5.41 Å². The summed E-state index contributed by atoms with van der Waals surface area (Å²) in [4.78, 5) is 0. The molecule has 0 atom stereocenters. The van der Waals surface area contributed by atoms with Gasteiger partial charge in [0.05, 0.1) is 5.69 Å². The van der Waals surface area contributed by atoms with Gasteiger partial charge in [-0.15, -0.1) is 0 Å². The third kappa shape index (κ3) is 2.65. The van der Waals surface area contributed by atoms with Crippen LogP contribution in [0.25, 0.3) is 11.3 Å². The highest BCUT2D eigenvalue weighted by Gasteiger charge is 2.17. The van der Waals surface area contributed by atoms with E-state index in [0.717, 1.165) is 16.8 Å². The number of nitrogens with zero attached hydrogens (tertiary/aromatic N) is 1. The lowest BCUT2D eigenvalue weighted by Gasteiger charge is -2.19. The van der Waals surface area contributed by atoms with Crippen molar-refractivity contribution in [2.75, 3.05) is 5.73 Å². The summed E-state index contributed by atoms with van der Waals surface area (Å²) in [6.07, 6.45) is 0. The molecule has 2 aromatic rings. The van der Waals surface area contributed by atoms with Crippen molar-refractivity contribution in [2.24, 2.45) is 0 Å². The highest BCUT2D eigenvalue weighted by Crippen LogP contribution is 2.32. The fraction of sp³-hybridized carbons (Fsp3) is 0.438. The quantitative estimate of drug-likeness (QED) is 0.851. The van der Waals surface area contributed by atoms with Crippen molar-refractivity contribution in [2.45, 2.75) is 46.0 Å². The van der Waals surface area contributed by atoms with E-state index in [0.29, 0.717) is 11.7 Å². The largest absolute Gasteiger partial charge is 0.382 e. The van der Waals surface area contributed by atoms with Crippen molar-refractivity contribution in [1.82, 2.24) is 10.2 Å². The summed E-state index contributed by atoms with van der Waals surface area (Å²) in [6, 6.07) is 8.63. The second kappa shape index (κ2) is 4.72. The monoisotopic (exact) mass is 257 g/mol. The molecule has 19 heavy (non-hydrogen) atoms. The minimum Gasteiger partial charge on any atom is -0.382 e. The molecule has 0 fully saturated rings. The maximum absolute atomic E-state index is 5.94. The van der Waals surface area contributed by atoms with Crippen LogP contribution in [-0.4, -0.2) is 10.2 Å². The molecule has 0 aliphatic rings. The van der Waals surface area contributed by atoms with Crippen LogP contribution >= 0.6 is 0 Å². The first-order valence-corrected chi connectivity index (χ1v) is 6.75. The van der Waals surface area contributed by atoms with E-state index in [-0.39, 0.29) is 5.41 Å². The van der Waals surface area contributed by atoms with Crippen LogP contribution in [0.3, 0.4) is 0 Å². The first-order chi connectivity index (χ1) is 8.80. The third-order valence-electron chi connectivity index (χ3n) is 3.45. The predicted molar refractivity (Wildman–Crippen MR) is 81.2 cm³/mol. The summed E-state index contributed by atoms with van der Waals surface area (Å²) < 4.78 is 0. The molecule has 102 valence electrons. The molecule has 0 saturated carbocycles. The maximum atomic E-state index is 5.94. The van der Waals surface area contributed by atoms with E-state index >= 15 is 0 Å². The first-order valence-electron chi connectivity index (χ1n) is 6.75. The van der Waals surface area contributed by atoms with Crippen LogP contribution in [0.5, 0.6) is 0 Å². The van der Waals surface area contributed by atoms with Crippen molar-refractivity contribution < 1.29 is 0 Å². The van der Waals surface area contributed by atoms with E-state index in [2.05, 4.69) is 69.1 Å². The van der Waals surface area contributed by atoms with E-state index in [1.807, 2.05) is 0 Å². The predicted octanol–water partition coefficient (Wildman–Crippen LogP) is 4.08. The Bertz CT molecular complexity index is 557. The summed E-state index contributed by atoms with van der Waals surface area (Å²) in [5.74, 6) is 0.959. The van der Waals surface area contributed by atoms with Gasteiger partial charge in [0, 0.05) is 5.56 Å². The molecular formula is C16H23N3. The number of benzene rings is 1. The minimum atomic E-state index is 0.173. The molecule has 3 heteroatoms. The molecule has 0 unspecified atom stereocenters. The lowest BCUT2D eigenvalue weighted by atomic mass is 9.86. The lowest BCUT2D eigenvalue weighted by molar-refractivity contribution is 0.590. The molecule has 1 aromatic heterocycles. The zero-order chi connectivity index (χ0) is 14.2. The molecule has 3 N–H and O–H groups in total. The molecule has 1 heterocycles. The summed E-state index contributed by atoms with van der Waals surface area (Å²) in [6.45, 7) is 10.9. The molecule has 0 aliphatic carbocycles. The minimum absolute atomic E-state index is 0.173. The van der Waals surface area contributed by atoms with Gasteiger partial charge in [0.2, 0.25) is 0 Å². The molecule has 1 aromatic carbocycles. The van der Waals surface area contributed by atoms with Crippen LogP contribution in [0.1, 0.15) is 51.7 Å². The van der Waals surface area contributed by atoms with Crippen LogP contribution in [0.2, 0.25) is 0 Å². The first kappa shape index (κ1) is 13.7. The number of H-pyrrole nitrogens is 1. The fourth-order valence-corrected chi connectivity index (χ4v) is 2.31. The average molecular weight is 257 g/mol. The smallest absolute Gasteiger partial charge is 0.149 e. The van der Waals surface area contributed by atoms with Gasteiger partial charge in [-0.25, -0.2) is 0 Å². The van der Waals surface area contributed by atoms with E-state index < -0.39 is 0 Å².